The fourth-order valence-electron chi connectivity index (χ4n) is 1.71. The molecule has 7 nitrogen and oxygen atoms in total. The van der Waals surface area contributed by atoms with Crippen LogP contribution >= 0.6 is 0 Å². The minimum Gasteiger partial charge on any atom is -0.474 e. The number of ether oxygens (including phenoxy) is 2. The summed E-state index contributed by atoms with van der Waals surface area (Å²) < 4.78 is 10.4. The van der Waals surface area contributed by atoms with E-state index in [-0.39, 0.29) is 17.4 Å². The zero-order chi connectivity index (χ0) is 14.0. The summed E-state index contributed by atoms with van der Waals surface area (Å²) in [5, 5.41) is 18.3. The first-order valence-electron chi connectivity index (χ1n) is 5.96. The molecule has 0 saturated heterocycles. The molecule has 0 atom stereocenters. The number of carbonyl (C=O) groups is 1. The molecule has 1 aliphatic heterocycles. The maximum atomic E-state index is 11.9. The third-order valence-electron chi connectivity index (χ3n) is 2.55. The van der Waals surface area contributed by atoms with Gasteiger partial charge in [0.1, 0.15) is 12.3 Å². The molecule has 2 N–H and O–H groups in total. The largest absolute Gasteiger partial charge is 0.490 e. The highest BCUT2D eigenvalue weighted by Crippen LogP contribution is 2.28. The van der Waals surface area contributed by atoms with Gasteiger partial charge in [0.05, 0.1) is 12.6 Å². The van der Waals surface area contributed by atoms with E-state index < -0.39 is 13.2 Å². The summed E-state index contributed by atoms with van der Waals surface area (Å²) in [4.78, 5) is 17.3. The summed E-state index contributed by atoms with van der Waals surface area (Å²) in [5.41, 5.74) is 0.564. The minimum absolute atomic E-state index is 0.187. The van der Waals surface area contributed by atoms with Crippen LogP contribution < -0.4 is 15.1 Å². The fourth-order valence-corrected chi connectivity index (χ4v) is 1.71. The van der Waals surface area contributed by atoms with Gasteiger partial charge in [-0.05, 0) is 19.9 Å². The van der Waals surface area contributed by atoms with Crippen LogP contribution in [0.1, 0.15) is 13.8 Å². The predicted octanol–water partition coefficient (Wildman–Crippen LogP) is -0.495. The number of fused-ring (bicyclic) bond motifs is 1. The molecule has 1 amide bonds. The van der Waals surface area contributed by atoms with Gasteiger partial charge in [0.2, 0.25) is 5.88 Å². The molecule has 1 aromatic rings. The zero-order valence-electron chi connectivity index (χ0n) is 10.7. The molecule has 8 heteroatoms. The smallest absolute Gasteiger partial charge is 0.474 e. The Morgan fingerprint density at radius 3 is 2.95 bits per heavy atom. The lowest BCUT2D eigenvalue weighted by atomic mass is 9.81. The molecule has 2 rings (SSSR count). The van der Waals surface area contributed by atoms with E-state index in [0.717, 1.165) is 0 Å². The second-order valence-electron chi connectivity index (χ2n) is 4.40. The third kappa shape index (κ3) is 2.97. The molecule has 0 spiro atoms. The van der Waals surface area contributed by atoms with Crippen LogP contribution in [0.25, 0.3) is 0 Å². The van der Waals surface area contributed by atoms with Gasteiger partial charge in [-0.25, -0.2) is 9.78 Å². The molecule has 0 radical (unpaired) electrons. The van der Waals surface area contributed by atoms with Crippen molar-refractivity contribution in [2.75, 3.05) is 18.1 Å². The van der Waals surface area contributed by atoms with Gasteiger partial charge in [-0.15, -0.1) is 0 Å². The molecule has 19 heavy (non-hydrogen) atoms. The Bertz CT molecular complexity index is 480. The number of anilines is 1. The number of hydrogen-bond donors (Lipinski definition) is 2. The van der Waals surface area contributed by atoms with E-state index in [2.05, 4.69) is 4.98 Å². The zero-order valence-corrected chi connectivity index (χ0v) is 10.7. The molecule has 0 saturated carbocycles. The lowest BCUT2D eigenvalue weighted by Crippen LogP contribution is -2.41. The molecule has 0 aromatic carbocycles. The second-order valence-corrected chi connectivity index (χ2v) is 4.40. The average molecular weight is 266 g/mol. The summed E-state index contributed by atoms with van der Waals surface area (Å²) >= 11 is 0. The van der Waals surface area contributed by atoms with Crippen LogP contribution in [-0.2, 0) is 4.74 Å². The summed E-state index contributed by atoms with van der Waals surface area (Å²) in [6, 6.07) is 1.45. The normalized spacial score (nSPS) is 13.8. The molecule has 0 aliphatic carbocycles. The highest BCUT2D eigenvalue weighted by atomic mass is 16.6. The van der Waals surface area contributed by atoms with E-state index in [0.29, 0.717) is 18.8 Å². The molecule has 0 fully saturated rings. The van der Waals surface area contributed by atoms with Crippen LogP contribution in [0.2, 0.25) is 0 Å². The third-order valence-corrected chi connectivity index (χ3v) is 2.55. The quantitative estimate of drug-likeness (QED) is 0.701. The monoisotopic (exact) mass is 266 g/mol. The highest BCUT2D eigenvalue weighted by molar-refractivity contribution is 6.58. The Kier molecular flexibility index (Phi) is 3.91. The minimum atomic E-state index is -1.65. The number of rotatable bonds is 2. The number of nitrogens with zero attached hydrogens (tertiary/aromatic N) is 2. The van der Waals surface area contributed by atoms with Crippen molar-refractivity contribution in [3.8, 4) is 5.88 Å². The van der Waals surface area contributed by atoms with Crippen LogP contribution in [0.15, 0.2) is 12.3 Å². The Morgan fingerprint density at radius 2 is 2.32 bits per heavy atom. The van der Waals surface area contributed by atoms with Gasteiger partial charge in [0.15, 0.2) is 0 Å². The Hall–Kier alpha value is -1.80. The van der Waals surface area contributed by atoms with E-state index in [1.54, 1.807) is 13.8 Å². The van der Waals surface area contributed by atoms with Crippen LogP contribution in [0.5, 0.6) is 5.88 Å². The van der Waals surface area contributed by atoms with Crippen LogP contribution in [-0.4, -0.2) is 47.5 Å². The van der Waals surface area contributed by atoms with Crippen molar-refractivity contribution < 1.29 is 24.3 Å². The number of amides is 1. The molecular formula is C11H15BN2O5. The number of carbonyl (C=O) groups excluding carboxylic acids is 1. The van der Waals surface area contributed by atoms with Crippen molar-refractivity contribution in [3.63, 3.8) is 0 Å². The first-order chi connectivity index (χ1) is 8.99. The highest BCUT2D eigenvalue weighted by Gasteiger charge is 2.28. The van der Waals surface area contributed by atoms with E-state index in [4.69, 9.17) is 19.5 Å². The van der Waals surface area contributed by atoms with Gasteiger partial charge in [0, 0.05) is 11.7 Å². The number of aromatic nitrogens is 1. The van der Waals surface area contributed by atoms with Gasteiger partial charge in [-0.2, -0.15) is 0 Å². The first-order valence-corrected chi connectivity index (χ1v) is 5.96. The molecule has 1 aromatic heterocycles. The van der Waals surface area contributed by atoms with Gasteiger partial charge in [0.25, 0.3) is 0 Å². The lowest BCUT2D eigenvalue weighted by molar-refractivity contribution is 0.120. The van der Waals surface area contributed by atoms with Gasteiger partial charge in [-0.1, -0.05) is 0 Å². The van der Waals surface area contributed by atoms with Crippen molar-refractivity contribution >= 4 is 24.4 Å². The second kappa shape index (κ2) is 5.46. The Labute approximate surface area is 110 Å². The summed E-state index contributed by atoms with van der Waals surface area (Å²) in [5.74, 6) is 0.274. The summed E-state index contributed by atoms with van der Waals surface area (Å²) in [6.45, 7) is 4.15. The SMILES string of the molecule is CC(C)OC(=O)N1CCOc2ncc(B(O)O)cc21. The topological polar surface area (TPSA) is 92.1 Å². The van der Waals surface area contributed by atoms with Crippen LogP contribution in [0, 0.1) is 0 Å². The molecule has 1 aliphatic rings. The van der Waals surface area contributed by atoms with Crippen molar-refractivity contribution in [2.45, 2.75) is 20.0 Å². The fraction of sp³-hybridized carbons (Fsp3) is 0.455. The number of pyridine rings is 1. The summed E-state index contributed by atoms with van der Waals surface area (Å²) in [6.07, 6.45) is 0.546. The van der Waals surface area contributed by atoms with Gasteiger partial charge in [-0.3, -0.25) is 4.90 Å². The van der Waals surface area contributed by atoms with Crippen molar-refractivity contribution in [3.05, 3.63) is 12.3 Å². The van der Waals surface area contributed by atoms with Crippen molar-refractivity contribution in [1.29, 1.82) is 0 Å². The summed E-state index contributed by atoms with van der Waals surface area (Å²) in [7, 11) is -1.65. The van der Waals surface area contributed by atoms with Gasteiger partial charge < -0.3 is 19.5 Å². The number of hydrogen-bond acceptors (Lipinski definition) is 6. The standard InChI is InChI=1S/C11H15BN2O5/c1-7(2)19-11(15)14-3-4-18-10-9(14)5-8(6-13-10)12(16)17/h5-7,16-17H,3-4H2,1-2H3. The molecule has 2 heterocycles. The van der Waals surface area contributed by atoms with Crippen LogP contribution in [0.3, 0.4) is 0 Å². The predicted molar refractivity (Wildman–Crippen MR) is 68.5 cm³/mol. The Balaban J connectivity index is 2.31. The Morgan fingerprint density at radius 1 is 1.58 bits per heavy atom. The van der Waals surface area contributed by atoms with Gasteiger partial charge >= 0.3 is 13.2 Å². The van der Waals surface area contributed by atoms with Crippen LogP contribution in [0.4, 0.5) is 10.5 Å². The van der Waals surface area contributed by atoms with E-state index >= 15 is 0 Å². The molecule has 0 bridgehead atoms. The lowest BCUT2D eigenvalue weighted by Gasteiger charge is -2.28. The maximum Gasteiger partial charge on any atom is 0.490 e. The maximum absolute atomic E-state index is 11.9. The molecular weight excluding hydrogens is 251 g/mol. The first kappa shape index (κ1) is 13.6. The van der Waals surface area contributed by atoms with Crippen molar-refractivity contribution in [1.82, 2.24) is 4.98 Å². The molecule has 0 unspecified atom stereocenters. The molecule has 102 valence electrons. The average Bonchev–Trinajstić information content (AvgIpc) is 2.36. The van der Waals surface area contributed by atoms with Crippen molar-refractivity contribution in [2.24, 2.45) is 0 Å². The van der Waals surface area contributed by atoms with E-state index in [9.17, 15) is 4.79 Å². The van der Waals surface area contributed by atoms with E-state index in [1.165, 1.54) is 17.2 Å². The van der Waals surface area contributed by atoms with E-state index in [1.807, 2.05) is 0 Å².